The van der Waals surface area contributed by atoms with Crippen LogP contribution in [0.2, 0.25) is 0 Å². The van der Waals surface area contributed by atoms with Crippen LogP contribution >= 0.6 is 12.2 Å². The number of carboxylic acid groups (broad SMARTS) is 1. The molecule has 1 N–H and O–H groups in total. The van der Waals surface area contributed by atoms with Crippen molar-refractivity contribution in [3.63, 3.8) is 0 Å². The minimum atomic E-state index is -0.758. The van der Waals surface area contributed by atoms with Crippen LogP contribution in [0.25, 0.3) is 0 Å². The summed E-state index contributed by atoms with van der Waals surface area (Å²) in [4.78, 5) is 13.1. The molecule has 1 rings (SSSR count). The highest BCUT2D eigenvalue weighted by molar-refractivity contribution is 7.80. The van der Waals surface area contributed by atoms with Crippen LogP contribution in [0.4, 0.5) is 0 Å². The predicted molar refractivity (Wildman–Crippen MR) is 45.6 cm³/mol. The second-order valence-corrected chi connectivity index (χ2v) is 3.30. The summed E-state index contributed by atoms with van der Waals surface area (Å²) in [5.74, 6) is -0.758. The molecule has 0 saturated carbocycles. The molecule has 1 saturated heterocycles. The minimum Gasteiger partial charge on any atom is -0.480 e. The number of likely N-dealkylation sites (tertiary alicyclic amines) is 1. The van der Waals surface area contributed by atoms with Crippen molar-refractivity contribution >= 4 is 23.2 Å². The largest absolute Gasteiger partial charge is 0.480 e. The molecular weight excluding hydrogens is 162 g/mol. The van der Waals surface area contributed by atoms with Gasteiger partial charge in [0.2, 0.25) is 0 Å². The van der Waals surface area contributed by atoms with Crippen molar-refractivity contribution in [2.75, 3.05) is 6.54 Å². The zero-order valence-corrected chi connectivity index (χ0v) is 7.23. The van der Waals surface area contributed by atoms with E-state index in [1.165, 1.54) is 0 Å². The van der Waals surface area contributed by atoms with Gasteiger partial charge in [-0.2, -0.15) is 0 Å². The van der Waals surface area contributed by atoms with Gasteiger partial charge >= 0.3 is 5.97 Å². The van der Waals surface area contributed by atoms with Crippen LogP contribution in [-0.2, 0) is 4.79 Å². The summed E-state index contributed by atoms with van der Waals surface area (Å²) in [5, 5.41) is 8.73. The van der Waals surface area contributed by atoms with E-state index < -0.39 is 5.97 Å². The third kappa shape index (κ3) is 1.68. The summed E-state index contributed by atoms with van der Waals surface area (Å²) in [7, 11) is 0. The molecule has 0 bridgehead atoms. The second-order valence-electron chi connectivity index (χ2n) is 2.71. The van der Waals surface area contributed by atoms with Gasteiger partial charge in [0.1, 0.15) is 6.04 Å². The molecule has 1 aliphatic heterocycles. The SMILES string of the molecule is CC(=S)N1CCC[C@@H]1C(=O)O. The fraction of sp³-hybridized carbons (Fsp3) is 0.714. The zero-order valence-electron chi connectivity index (χ0n) is 6.41. The quantitative estimate of drug-likeness (QED) is 0.598. The number of carbonyl (C=O) groups is 1. The molecule has 11 heavy (non-hydrogen) atoms. The molecule has 0 amide bonds. The Hall–Kier alpha value is -0.640. The van der Waals surface area contributed by atoms with E-state index in [1.54, 1.807) is 11.8 Å². The maximum Gasteiger partial charge on any atom is 0.326 e. The van der Waals surface area contributed by atoms with Gasteiger partial charge in [0.25, 0.3) is 0 Å². The Morgan fingerprint density at radius 1 is 1.73 bits per heavy atom. The van der Waals surface area contributed by atoms with Gasteiger partial charge in [-0.15, -0.1) is 0 Å². The highest BCUT2D eigenvalue weighted by Gasteiger charge is 2.30. The van der Waals surface area contributed by atoms with Crippen LogP contribution in [0, 0.1) is 0 Å². The molecule has 0 aliphatic carbocycles. The van der Waals surface area contributed by atoms with E-state index in [0.29, 0.717) is 4.99 Å². The molecule has 0 aromatic heterocycles. The van der Waals surface area contributed by atoms with E-state index >= 15 is 0 Å². The van der Waals surface area contributed by atoms with Crippen molar-refractivity contribution in [3.05, 3.63) is 0 Å². The van der Waals surface area contributed by atoms with Gasteiger partial charge in [0, 0.05) is 6.54 Å². The molecule has 0 radical (unpaired) electrons. The Morgan fingerprint density at radius 3 is 2.73 bits per heavy atom. The molecule has 1 fully saturated rings. The Kier molecular flexibility index (Phi) is 2.44. The number of aliphatic carboxylic acids is 1. The van der Waals surface area contributed by atoms with Crippen molar-refractivity contribution in [2.45, 2.75) is 25.8 Å². The first-order chi connectivity index (χ1) is 5.13. The van der Waals surface area contributed by atoms with Gasteiger partial charge in [0.05, 0.1) is 4.99 Å². The van der Waals surface area contributed by atoms with Crippen LogP contribution in [-0.4, -0.2) is 33.6 Å². The van der Waals surface area contributed by atoms with Crippen molar-refractivity contribution < 1.29 is 9.90 Å². The van der Waals surface area contributed by atoms with Crippen LogP contribution in [0.15, 0.2) is 0 Å². The predicted octanol–water partition coefficient (Wildman–Crippen LogP) is 0.883. The fourth-order valence-electron chi connectivity index (χ4n) is 1.40. The van der Waals surface area contributed by atoms with E-state index in [1.807, 2.05) is 0 Å². The Bertz CT molecular complexity index is 173. The van der Waals surface area contributed by atoms with Crippen molar-refractivity contribution in [3.8, 4) is 0 Å². The zero-order chi connectivity index (χ0) is 8.43. The van der Waals surface area contributed by atoms with Crippen molar-refractivity contribution in [2.24, 2.45) is 0 Å². The molecule has 4 heteroatoms. The number of nitrogens with zero attached hydrogens (tertiary/aromatic N) is 1. The molecule has 1 heterocycles. The first kappa shape index (κ1) is 8.46. The van der Waals surface area contributed by atoms with Gasteiger partial charge in [-0.25, -0.2) is 4.79 Å². The Labute approximate surface area is 71.0 Å². The summed E-state index contributed by atoms with van der Waals surface area (Å²) < 4.78 is 0. The van der Waals surface area contributed by atoms with Crippen molar-refractivity contribution in [1.29, 1.82) is 0 Å². The number of thiocarbonyl (C=S) groups is 1. The molecule has 3 nitrogen and oxygen atoms in total. The van der Waals surface area contributed by atoms with Crippen molar-refractivity contribution in [1.82, 2.24) is 4.90 Å². The maximum atomic E-state index is 10.6. The molecule has 62 valence electrons. The second kappa shape index (κ2) is 3.17. The molecule has 1 aliphatic rings. The topological polar surface area (TPSA) is 40.5 Å². The first-order valence-electron chi connectivity index (χ1n) is 3.63. The lowest BCUT2D eigenvalue weighted by Crippen LogP contribution is -2.38. The monoisotopic (exact) mass is 173 g/mol. The Morgan fingerprint density at radius 2 is 2.36 bits per heavy atom. The number of carboxylic acids is 1. The molecular formula is C7H11NO2S. The summed E-state index contributed by atoms with van der Waals surface area (Å²) >= 11 is 4.91. The fourth-order valence-corrected chi connectivity index (χ4v) is 1.62. The smallest absolute Gasteiger partial charge is 0.326 e. The van der Waals surface area contributed by atoms with Gasteiger partial charge in [-0.3, -0.25) is 0 Å². The lowest BCUT2D eigenvalue weighted by Gasteiger charge is -2.21. The average molecular weight is 173 g/mol. The van der Waals surface area contributed by atoms with E-state index in [4.69, 9.17) is 17.3 Å². The van der Waals surface area contributed by atoms with Crippen LogP contribution in [0.1, 0.15) is 19.8 Å². The van der Waals surface area contributed by atoms with E-state index in [-0.39, 0.29) is 6.04 Å². The standard InChI is InChI=1S/C7H11NO2S/c1-5(11)8-4-2-3-6(8)7(9)10/h6H,2-4H2,1H3,(H,9,10)/t6-/m1/s1. The lowest BCUT2D eigenvalue weighted by atomic mass is 10.2. The molecule has 0 aromatic carbocycles. The lowest BCUT2D eigenvalue weighted by molar-refractivity contribution is -0.140. The highest BCUT2D eigenvalue weighted by atomic mass is 32.1. The van der Waals surface area contributed by atoms with Crippen LogP contribution < -0.4 is 0 Å². The summed E-state index contributed by atoms with van der Waals surface area (Å²) in [5.41, 5.74) is 0. The highest BCUT2D eigenvalue weighted by Crippen LogP contribution is 2.17. The molecule has 0 aromatic rings. The normalized spacial score (nSPS) is 23.7. The van der Waals surface area contributed by atoms with E-state index in [0.717, 1.165) is 19.4 Å². The van der Waals surface area contributed by atoms with E-state index in [9.17, 15) is 4.79 Å². The molecule has 0 spiro atoms. The number of hydrogen-bond acceptors (Lipinski definition) is 2. The van der Waals surface area contributed by atoms with E-state index in [2.05, 4.69) is 0 Å². The van der Waals surface area contributed by atoms with Crippen LogP contribution in [0.3, 0.4) is 0 Å². The third-order valence-electron chi connectivity index (χ3n) is 1.94. The Balaban J connectivity index is 2.65. The van der Waals surface area contributed by atoms with Crippen LogP contribution in [0.5, 0.6) is 0 Å². The van der Waals surface area contributed by atoms with Gasteiger partial charge in [0.15, 0.2) is 0 Å². The number of rotatable bonds is 1. The maximum absolute atomic E-state index is 10.6. The summed E-state index contributed by atoms with van der Waals surface area (Å²) in [6.45, 7) is 2.57. The summed E-state index contributed by atoms with van der Waals surface area (Å²) in [6.07, 6.45) is 1.66. The van der Waals surface area contributed by atoms with Gasteiger partial charge in [-0.1, -0.05) is 12.2 Å². The molecule has 0 unspecified atom stereocenters. The third-order valence-corrected chi connectivity index (χ3v) is 2.18. The average Bonchev–Trinajstić information content (AvgIpc) is 2.32. The molecule has 1 atom stereocenters. The minimum absolute atomic E-state index is 0.368. The summed E-state index contributed by atoms with van der Waals surface area (Å²) in [6, 6.07) is -0.368. The first-order valence-corrected chi connectivity index (χ1v) is 4.04. The number of hydrogen-bond donors (Lipinski definition) is 1. The van der Waals surface area contributed by atoms with Gasteiger partial charge in [-0.05, 0) is 19.8 Å². The van der Waals surface area contributed by atoms with Gasteiger partial charge < -0.3 is 10.0 Å².